The van der Waals surface area contributed by atoms with Crippen LogP contribution in [-0.2, 0) is 11.2 Å². The second-order valence-electron chi connectivity index (χ2n) is 2.78. The van der Waals surface area contributed by atoms with Crippen LogP contribution in [0.5, 0.6) is 0 Å². The van der Waals surface area contributed by atoms with Gasteiger partial charge in [0.2, 0.25) is 0 Å². The minimum atomic E-state index is -0.546. The van der Waals surface area contributed by atoms with Crippen LogP contribution < -0.4 is 0 Å². The lowest BCUT2D eigenvalue weighted by molar-refractivity contribution is -0.385. The summed E-state index contributed by atoms with van der Waals surface area (Å²) in [6.45, 7) is 0.345. The van der Waals surface area contributed by atoms with Crippen LogP contribution in [0.4, 0.5) is 10.1 Å². The van der Waals surface area contributed by atoms with E-state index in [1.807, 2.05) is 0 Å². The number of methoxy groups -OCH3 is 1. The van der Waals surface area contributed by atoms with Gasteiger partial charge in [-0.3, -0.25) is 10.1 Å². The van der Waals surface area contributed by atoms with Crippen LogP contribution >= 0.6 is 0 Å². The molecule has 0 aliphatic heterocycles. The van der Waals surface area contributed by atoms with Gasteiger partial charge in [-0.1, -0.05) is 0 Å². The van der Waals surface area contributed by atoms with E-state index >= 15 is 0 Å². The molecule has 0 bridgehead atoms. The molecule has 0 atom stereocenters. The number of benzene rings is 1. The number of nitro benzene ring substituents is 1. The lowest BCUT2D eigenvalue weighted by atomic mass is 10.1. The van der Waals surface area contributed by atoms with E-state index in [0.717, 1.165) is 12.1 Å². The summed E-state index contributed by atoms with van der Waals surface area (Å²) in [7, 11) is 1.50. The summed E-state index contributed by atoms with van der Waals surface area (Å²) in [6, 6.07) is 3.48. The highest BCUT2D eigenvalue weighted by molar-refractivity contribution is 5.35. The van der Waals surface area contributed by atoms with Crippen molar-refractivity contribution in [3.05, 3.63) is 39.7 Å². The Bertz CT molecular complexity index is 341. The highest BCUT2D eigenvalue weighted by atomic mass is 19.1. The Hall–Kier alpha value is -1.49. The first kappa shape index (κ1) is 10.6. The molecule has 0 radical (unpaired) electrons. The first-order chi connectivity index (χ1) is 6.65. The Kier molecular flexibility index (Phi) is 3.53. The minimum Gasteiger partial charge on any atom is -0.384 e. The average Bonchev–Trinajstić information content (AvgIpc) is 2.16. The van der Waals surface area contributed by atoms with Gasteiger partial charge in [0, 0.05) is 19.2 Å². The smallest absolute Gasteiger partial charge is 0.269 e. The van der Waals surface area contributed by atoms with E-state index in [4.69, 9.17) is 4.74 Å². The van der Waals surface area contributed by atoms with Gasteiger partial charge < -0.3 is 4.74 Å². The molecule has 0 heterocycles. The summed E-state index contributed by atoms with van der Waals surface area (Å²) in [5.41, 5.74) is 0.207. The molecule has 0 fully saturated rings. The first-order valence-electron chi connectivity index (χ1n) is 4.07. The largest absolute Gasteiger partial charge is 0.384 e. The second kappa shape index (κ2) is 4.66. The lowest BCUT2D eigenvalue weighted by Crippen LogP contribution is -1.99. The zero-order valence-corrected chi connectivity index (χ0v) is 7.70. The Labute approximate surface area is 80.5 Å². The van der Waals surface area contributed by atoms with Gasteiger partial charge in [0.15, 0.2) is 0 Å². The molecule has 1 rings (SSSR count). The highest BCUT2D eigenvalue weighted by Crippen LogP contribution is 2.17. The molecule has 0 saturated carbocycles. The fraction of sp³-hybridized carbons (Fsp3) is 0.333. The third-order valence-corrected chi connectivity index (χ3v) is 1.82. The number of hydrogen-bond donors (Lipinski definition) is 0. The van der Waals surface area contributed by atoms with Crippen molar-refractivity contribution < 1.29 is 14.1 Å². The molecule has 0 amide bonds. The Morgan fingerprint density at radius 2 is 2.29 bits per heavy atom. The molecular formula is C9H10FNO3. The maximum absolute atomic E-state index is 13.1. The fourth-order valence-electron chi connectivity index (χ4n) is 1.08. The van der Waals surface area contributed by atoms with Crippen molar-refractivity contribution in [3.63, 3.8) is 0 Å². The average molecular weight is 199 g/mol. The molecule has 5 heteroatoms. The number of halogens is 1. The predicted molar refractivity (Wildman–Crippen MR) is 48.6 cm³/mol. The number of nitrogens with zero attached hydrogens (tertiary/aromatic N) is 1. The highest BCUT2D eigenvalue weighted by Gasteiger charge is 2.09. The van der Waals surface area contributed by atoms with Crippen molar-refractivity contribution in [2.24, 2.45) is 0 Å². The van der Waals surface area contributed by atoms with E-state index in [9.17, 15) is 14.5 Å². The lowest BCUT2D eigenvalue weighted by Gasteiger charge is -2.01. The van der Waals surface area contributed by atoms with Gasteiger partial charge in [-0.15, -0.1) is 0 Å². The van der Waals surface area contributed by atoms with Crippen LogP contribution in [0, 0.1) is 15.9 Å². The zero-order chi connectivity index (χ0) is 10.6. The van der Waals surface area contributed by atoms with Crippen LogP contribution in [-0.4, -0.2) is 18.6 Å². The Morgan fingerprint density at radius 3 is 2.86 bits per heavy atom. The standard InChI is InChI=1S/C9H10FNO3/c1-14-5-4-7-6-8(11(12)13)2-3-9(7)10/h2-3,6H,4-5H2,1H3. The van der Waals surface area contributed by atoms with E-state index in [-0.39, 0.29) is 5.69 Å². The molecule has 0 N–H and O–H groups in total. The monoisotopic (exact) mass is 199 g/mol. The van der Waals surface area contributed by atoms with Crippen LogP contribution in [0.2, 0.25) is 0 Å². The zero-order valence-electron chi connectivity index (χ0n) is 7.70. The number of nitro groups is 1. The SMILES string of the molecule is COCCc1cc([N+](=O)[O-])ccc1F. The molecule has 14 heavy (non-hydrogen) atoms. The third kappa shape index (κ3) is 2.50. The second-order valence-corrected chi connectivity index (χ2v) is 2.78. The molecule has 0 spiro atoms. The number of ether oxygens (including phenoxy) is 1. The molecule has 1 aromatic rings. The summed E-state index contributed by atoms with van der Waals surface area (Å²) in [4.78, 5) is 9.84. The van der Waals surface area contributed by atoms with E-state index in [1.165, 1.54) is 13.2 Å². The summed E-state index contributed by atoms with van der Waals surface area (Å²) in [5.74, 6) is -0.437. The fourth-order valence-corrected chi connectivity index (χ4v) is 1.08. The van der Waals surface area contributed by atoms with Crippen molar-refractivity contribution in [1.82, 2.24) is 0 Å². The van der Waals surface area contributed by atoms with Gasteiger partial charge in [0.05, 0.1) is 11.5 Å². The molecule has 0 saturated heterocycles. The topological polar surface area (TPSA) is 52.4 Å². The van der Waals surface area contributed by atoms with E-state index < -0.39 is 10.7 Å². The van der Waals surface area contributed by atoms with Crippen molar-refractivity contribution in [1.29, 1.82) is 0 Å². The van der Waals surface area contributed by atoms with Crippen molar-refractivity contribution in [2.45, 2.75) is 6.42 Å². The van der Waals surface area contributed by atoms with Gasteiger partial charge in [-0.25, -0.2) is 4.39 Å². The molecule has 4 nitrogen and oxygen atoms in total. The third-order valence-electron chi connectivity index (χ3n) is 1.82. The van der Waals surface area contributed by atoms with Crippen LogP contribution in [0.3, 0.4) is 0 Å². The van der Waals surface area contributed by atoms with Gasteiger partial charge in [-0.2, -0.15) is 0 Å². The van der Waals surface area contributed by atoms with E-state index in [0.29, 0.717) is 18.6 Å². The van der Waals surface area contributed by atoms with E-state index in [2.05, 4.69) is 0 Å². The quantitative estimate of drug-likeness (QED) is 0.549. The summed E-state index contributed by atoms with van der Waals surface area (Å²) in [5, 5.41) is 10.4. The number of rotatable bonds is 4. The van der Waals surface area contributed by atoms with E-state index in [1.54, 1.807) is 0 Å². The van der Waals surface area contributed by atoms with Crippen LogP contribution in [0.1, 0.15) is 5.56 Å². The van der Waals surface area contributed by atoms with Crippen molar-refractivity contribution in [3.8, 4) is 0 Å². The van der Waals surface area contributed by atoms with Gasteiger partial charge in [-0.05, 0) is 18.1 Å². The van der Waals surface area contributed by atoms with Crippen molar-refractivity contribution >= 4 is 5.69 Å². The summed E-state index contributed by atoms with van der Waals surface area (Å²) >= 11 is 0. The van der Waals surface area contributed by atoms with Gasteiger partial charge in [0.1, 0.15) is 5.82 Å². The Balaban J connectivity index is 2.90. The van der Waals surface area contributed by atoms with Gasteiger partial charge in [0.25, 0.3) is 5.69 Å². The molecule has 0 aliphatic carbocycles. The summed E-state index contributed by atoms with van der Waals surface area (Å²) < 4.78 is 17.8. The van der Waals surface area contributed by atoms with Crippen LogP contribution in [0.15, 0.2) is 18.2 Å². The van der Waals surface area contributed by atoms with Crippen LogP contribution in [0.25, 0.3) is 0 Å². The molecule has 0 unspecified atom stereocenters. The molecule has 0 aliphatic rings. The normalized spacial score (nSPS) is 10.1. The first-order valence-corrected chi connectivity index (χ1v) is 4.07. The molecule has 0 aromatic heterocycles. The number of hydrogen-bond acceptors (Lipinski definition) is 3. The molecule has 76 valence electrons. The summed E-state index contributed by atoms with van der Waals surface area (Å²) in [6.07, 6.45) is 0.337. The van der Waals surface area contributed by atoms with Gasteiger partial charge >= 0.3 is 0 Å². The minimum absolute atomic E-state index is 0.0995. The molecule has 1 aromatic carbocycles. The Morgan fingerprint density at radius 1 is 1.57 bits per heavy atom. The maximum Gasteiger partial charge on any atom is 0.269 e. The van der Waals surface area contributed by atoms with Crippen molar-refractivity contribution in [2.75, 3.05) is 13.7 Å². The number of non-ortho nitro benzene ring substituents is 1. The predicted octanol–water partition coefficient (Wildman–Crippen LogP) is 1.92. The maximum atomic E-state index is 13.1. The molecular weight excluding hydrogens is 189 g/mol.